The summed E-state index contributed by atoms with van der Waals surface area (Å²) in [5.74, 6) is 0.536. The SMILES string of the molecule is CCCOc1cc(=NC(=O)Sc2ccc(Cl)cc2)cnn1-c1ccccc1. The van der Waals surface area contributed by atoms with Gasteiger partial charge in [-0.25, -0.2) is 9.67 Å². The predicted octanol–water partition coefficient (Wildman–Crippen LogP) is 5.13. The largest absolute Gasteiger partial charge is 0.478 e. The number of hydrogen-bond donors (Lipinski definition) is 0. The van der Waals surface area contributed by atoms with E-state index in [1.54, 1.807) is 41.2 Å². The number of thioether (sulfide) groups is 1. The highest BCUT2D eigenvalue weighted by Gasteiger charge is 2.07. The Kier molecular flexibility index (Phi) is 6.68. The van der Waals surface area contributed by atoms with Gasteiger partial charge in [-0.05, 0) is 54.6 Å². The first-order valence-electron chi connectivity index (χ1n) is 8.45. The number of carbonyl (C=O) groups is 1. The Morgan fingerprint density at radius 3 is 2.63 bits per heavy atom. The van der Waals surface area contributed by atoms with Crippen molar-refractivity contribution in [3.05, 3.63) is 77.2 Å². The number of rotatable bonds is 5. The van der Waals surface area contributed by atoms with Gasteiger partial charge in [0, 0.05) is 16.0 Å². The number of carbonyl (C=O) groups excluding carboxylic acids is 1. The number of aromatic nitrogens is 2. The van der Waals surface area contributed by atoms with E-state index in [2.05, 4.69) is 10.1 Å². The maximum Gasteiger partial charge on any atom is 0.310 e. The Morgan fingerprint density at radius 2 is 1.93 bits per heavy atom. The Balaban J connectivity index is 1.87. The van der Waals surface area contributed by atoms with Crippen LogP contribution in [0.2, 0.25) is 5.02 Å². The molecule has 138 valence electrons. The van der Waals surface area contributed by atoms with Gasteiger partial charge in [-0.1, -0.05) is 36.7 Å². The molecule has 1 aromatic heterocycles. The first-order chi connectivity index (χ1) is 13.2. The van der Waals surface area contributed by atoms with E-state index in [1.807, 2.05) is 37.3 Å². The molecule has 5 nitrogen and oxygen atoms in total. The van der Waals surface area contributed by atoms with Crippen molar-refractivity contribution in [2.45, 2.75) is 18.2 Å². The second kappa shape index (κ2) is 9.39. The zero-order chi connectivity index (χ0) is 19.1. The summed E-state index contributed by atoms with van der Waals surface area (Å²) >= 11 is 6.89. The van der Waals surface area contributed by atoms with Crippen molar-refractivity contribution in [2.24, 2.45) is 4.99 Å². The minimum atomic E-state index is -0.335. The third-order valence-corrected chi connectivity index (χ3v) is 4.51. The monoisotopic (exact) mass is 399 g/mol. The van der Waals surface area contributed by atoms with E-state index in [4.69, 9.17) is 16.3 Å². The summed E-state index contributed by atoms with van der Waals surface area (Å²) in [4.78, 5) is 17.1. The molecule has 0 spiro atoms. The molecule has 7 heteroatoms. The molecule has 0 fully saturated rings. The third kappa shape index (κ3) is 5.45. The lowest BCUT2D eigenvalue weighted by Gasteiger charge is -2.12. The van der Waals surface area contributed by atoms with Crippen molar-refractivity contribution in [3.63, 3.8) is 0 Å². The summed E-state index contributed by atoms with van der Waals surface area (Å²) in [6.07, 6.45) is 2.41. The molecule has 0 unspecified atom stereocenters. The van der Waals surface area contributed by atoms with Crippen LogP contribution in [-0.4, -0.2) is 21.6 Å². The van der Waals surface area contributed by atoms with Crippen molar-refractivity contribution in [1.29, 1.82) is 0 Å². The van der Waals surface area contributed by atoms with Crippen LogP contribution in [0.3, 0.4) is 0 Å². The summed E-state index contributed by atoms with van der Waals surface area (Å²) in [5, 5.41) is 5.13. The fraction of sp³-hybridized carbons (Fsp3) is 0.150. The highest BCUT2D eigenvalue weighted by molar-refractivity contribution is 8.13. The summed E-state index contributed by atoms with van der Waals surface area (Å²) in [5.41, 5.74) is 0.872. The molecule has 1 amide bonds. The van der Waals surface area contributed by atoms with Crippen LogP contribution in [-0.2, 0) is 0 Å². The Bertz CT molecular complexity index is 973. The normalized spacial score (nSPS) is 11.4. The quantitative estimate of drug-likeness (QED) is 0.558. The minimum absolute atomic E-state index is 0.335. The summed E-state index contributed by atoms with van der Waals surface area (Å²) in [6, 6.07) is 18.4. The molecule has 3 aromatic rings. The van der Waals surface area contributed by atoms with Crippen molar-refractivity contribution in [1.82, 2.24) is 9.78 Å². The van der Waals surface area contributed by atoms with E-state index in [-0.39, 0.29) is 5.24 Å². The van der Waals surface area contributed by atoms with E-state index in [0.29, 0.717) is 22.9 Å². The summed E-state index contributed by atoms with van der Waals surface area (Å²) < 4.78 is 7.49. The Hall–Kier alpha value is -2.57. The average Bonchev–Trinajstić information content (AvgIpc) is 2.69. The third-order valence-electron chi connectivity index (χ3n) is 3.48. The van der Waals surface area contributed by atoms with Gasteiger partial charge >= 0.3 is 5.24 Å². The molecule has 0 radical (unpaired) electrons. The van der Waals surface area contributed by atoms with Crippen LogP contribution in [0.5, 0.6) is 5.88 Å². The standard InChI is InChI=1S/C20H18ClN3O2S/c1-2-12-26-19-13-16(14-22-24(19)17-6-4-3-5-7-17)23-20(25)27-18-10-8-15(21)9-11-18/h3-11,13-14H,2,12H2,1H3. The van der Waals surface area contributed by atoms with E-state index >= 15 is 0 Å². The number of halogens is 1. The number of hydrogen-bond acceptors (Lipinski definition) is 4. The number of benzene rings is 2. The molecule has 3 rings (SSSR count). The topological polar surface area (TPSA) is 56.5 Å². The van der Waals surface area contributed by atoms with Gasteiger partial charge in [-0.3, -0.25) is 4.79 Å². The van der Waals surface area contributed by atoms with Crippen molar-refractivity contribution < 1.29 is 9.53 Å². The Labute approximate surface area is 166 Å². The molecule has 2 aromatic carbocycles. The van der Waals surface area contributed by atoms with Gasteiger partial charge in [0.15, 0.2) is 0 Å². The average molecular weight is 400 g/mol. The first kappa shape index (κ1) is 19.2. The zero-order valence-electron chi connectivity index (χ0n) is 14.7. The maximum atomic E-state index is 12.2. The van der Waals surface area contributed by atoms with Crippen LogP contribution in [0.25, 0.3) is 5.69 Å². The first-order valence-corrected chi connectivity index (χ1v) is 9.65. The van der Waals surface area contributed by atoms with E-state index in [9.17, 15) is 4.79 Å². The highest BCUT2D eigenvalue weighted by Crippen LogP contribution is 2.22. The lowest BCUT2D eigenvalue weighted by molar-refractivity contribution is 0.267. The van der Waals surface area contributed by atoms with Gasteiger partial charge in [0.05, 0.1) is 23.8 Å². The van der Waals surface area contributed by atoms with Gasteiger partial charge < -0.3 is 4.74 Å². The molecule has 0 aliphatic rings. The van der Waals surface area contributed by atoms with Gasteiger partial charge in [0.2, 0.25) is 5.88 Å². The zero-order valence-corrected chi connectivity index (χ0v) is 16.3. The van der Waals surface area contributed by atoms with Crippen LogP contribution in [0.1, 0.15) is 13.3 Å². The lowest BCUT2D eigenvalue weighted by Crippen LogP contribution is -2.15. The summed E-state index contributed by atoms with van der Waals surface area (Å²) in [7, 11) is 0. The number of amides is 1. The molecule has 0 N–H and O–H groups in total. The van der Waals surface area contributed by atoms with Crippen LogP contribution in [0, 0.1) is 0 Å². The van der Waals surface area contributed by atoms with E-state index in [1.165, 1.54) is 0 Å². The van der Waals surface area contributed by atoms with Crippen LogP contribution >= 0.6 is 23.4 Å². The second-order valence-electron chi connectivity index (χ2n) is 5.58. The molecule has 0 atom stereocenters. The molecule has 27 heavy (non-hydrogen) atoms. The Morgan fingerprint density at radius 1 is 1.19 bits per heavy atom. The fourth-order valence-electron chi connectivity index (χ4n) is 2.26. The molecular formula is C20H18ClN3O2S. The molecule has 0 aliphatic carbocycles. The predicted molar refractivity (Wildman–Crippen MR) is 108 cm³/mol. The second-order valence-corrected chi connectivity index (χ2v) is 7.04. The molecule has 0 aliphatic heterocycles. The highest BCUT2D eigenvalue weighted by atomic mass is 35.5. The van der Waals surface area contributed by atoms with Crippen LogP contribution in [0.15, 0.2) is 76.7 Å². The number of para-hydroxylation sites is 1. The van der Waals surface area contributed by atoms with Crippen molar-refractivity contribution in [3.8, 4) is 11.6 Å². The minimum Gasteiger partial charge on any atom is -0.478 e. The maximum absolute atomic E-state index is 12.2. The molecule has 1 heterocycles. The van der Waals surface area contributed by atoms with Crippen molar-refractivity contribution in [2.75, 3.05) is 6.61 Å². The van der Waals surface area contributed by atoms with Crippen LogP contribution < -0.4 is 10.1 Å². The fourth-order valence-corrected chi connectivity index (χ4v) is 3.01. The molecule has 0 saturated heterocycles. The molecular weight excluding hydrogens is 382 g/mol. The van der Waals surface area contributed by atoms with Gasteiger partial charge in [0.25, 0.3) is 0 Å². The van der Waals surface area contributed by atoms with Gasteiger partial charge in [-0.2, -0.15) is 5.10 Å². The van der Waals surface area contributed by atoms with Crippen molar-refractivity contribution >= 4 is 28.6 Å². The molecule has 0 bridgehead atoms. The molecule has 0 saturated carbocycles. The lowest BCUT2D eigenvalue weighted by atomic mass is 10.3. The van der Waals surface area contributed by atoms with E-state index in [0.717, 1.165) is 28.8 Å². The summed E-state index contributed by atoms with van der Waals surface area (Å²) in [6.45, 7) is 2.58. The van der Waals surface area contributed by atoms with Gasteiger partial charge in [0.1, 0.15) is 0 Å². The van der Waals surface area contributed by atoms with Crippen LogP contribution in [0.4, 0.5) is 4.79 Å². The number of ether oxygens (including phenoxy) is 1. The van der Waals surface area contributed by atoms with Gasteiger partial charge in [-0.15, -0.1) is 0 Å². The smallest absolute Gasteiger partial charge is 0.310 e. The number of nitrogens with zero attached hydrogens (tertiary/aromatic N) is 3. The van der Waals surface area contributed by atoms with E-state index < -0.39 is 0 Å².